The largest absolute Gasteiger partial charge is 0.495 e. The van der Waals surface area contributed by atoms with E-state index in [0.717, 1.165) is 98.4 Å². The van der Waals surface area contributed by atoms with E-state index in [4.69, 9.17) is 20.4 Å². The van der Waals surface area contributed by atoms with E-state index in [1.54, 1.807) is 7.11 Å². The van der Waals surface area contributed by atoms with E-state index in [-0.39, 0.29) is 11.8 Å². The van der Waals surface area contributed by atoms with Gasteiger partial charge in [-0.1, -0.05) is 91.0 Å². The smallest absolute Gasteiger partial charge is 0.259 e. The number of aromatic nitrogens is 2. The van der Waals surface area contributed by atoms with Gasteiger partial charge in [-0.05, 0) is 106 Å². The Morgan fingerprint density at radius 2 is 1.00 bits per heavy atom. The number of benzene rings is 4. The number of hydrogen-bond donors (Lipinski definition) is 1. The fraction of sp³-hybridized carbons (Fsp3) is 0.373. The van der Waals surface area contributed by atoms with Gasteiger partial charge in [-0.2, -0.15) is 0 Å². The van der Waals surface area contributed by atoms with Gasteiger partial charge in [0.05, 0.1) is 53.9 Å². The third-order valence-corrected chi connectivity index (χ3v) is 13.3. The summed E-state index contributed by atoms with van der Waals surface area (Å²) in [5.74, 6) is 2.13. The number of pyridine rings is 2. The Morgan fingerprint density at radius 3 is 1.51 bits per heavy atom. The van der Waals surface area contributed by atoms with Crippen molar-refractivity contribution in [2.75, 3.05) is 52.1 Å². The molecule has 314 valence electrons. The predicted molar refractivity (Wildman–Crippen MR) is 242 cm³/mol. The first-order valence-electron chi connectivity index (χ1n) is 22.2. The van der Waals surface area contributed by atoms with Gasteiger partial charge in [0.25, 0.3) is 11.8 Å². The van der Waals surface area contributed by atoms with E-state index < -0.39 is 0 Å². The first kappa shape index (κ1) is 40.6. The second-order valence-corrected chi connectivity index (χ2v) is 17.3. The van der Waals surface area contributed by atoms with Crippen LogP contribution in [-0.4, -0.2) is 87.8 Å². The maximum Gasteiger partial charge on any atom is 0.259 e. The van der Waals surface area contributed by atoms with Crippen molar-refractivity contribution in [1.29, 1.82) is 0 Å². The Morgan fingerprint density at radius 1 is 0.574 bits per heavy atom. The van der Waals surface area contributed by atoms with Crippen LogP contribution in [0.3, 0.4) is 0 Å². The van der Waals surface area contributed by atoms with E-state index >= 15 is 0 Å². The van der Waals surface area contributed by atoms with Crippen molar-refractivity contribution in [2.45, 2.75) is 64.7 Å². The molecule has 4 aliphatic heterocycles. The maximum absolute atomic E-state index is 13.1. The number of carbonyl (C=O) groups is 2. The number of likely N-dealkylation sites (tertiary alicyclic amines) is 2. The number of nitrogen functional groups attached to an aromatic ring is 1. The van der Waals surface area contributed by atoms with E-state index in [1.165, 1.54) is 36.8 Å². The second kappa shape index (κ2) is 18.4. The third-order valence-electron chi connectivity index (χ3n) is 13.3. The third kappa shape index (κ3) is 8.97. The van der Waals surface area contributed by atoms with Crippen molar-refractivity contribution in [1.82, 2.24) is 29.6 Å². The highest BCUT2D eigenvalue weighted by Gasteiger charge is 2.35. The molecule has 2 N–H and O–H groups in total. The number of piperidine rings is 2. The van der Waals surface area contributed by atoms with Crippen LogP contribution in [0.2, 0.25) is 0 Å². The minimum atomic E-state index is 0.0438. The Hall–Kier alpha value is -5.84. The molecule has 10 nitrogen and oxygen atoms in total. The molecular formula is C51H57N7O3. The standard InChI is InChI=1S/C26H29N3O2.C25H28N4O/c1-31-25-21-9-5-6-10-22(21)27-23-18-29(26(30)24(23)25)16-13-19-11-14-28(15-12-19)17-20-7-3-2-4-8-20;26-24-20-8-4-5-9-21(20)27-22-17-29(25(30)23(22)24)15-12-18-10-13-28(14-11-18)16-19-6-2-1-3-7-19/h2-10,19H,11-18H2,1H3;1-9,18H,10-17H2,(H2,26,27). The number of methoxy groups -OCH3 is 1. The summed E-state index contributed by atoms with van der Waals surface area (Å²) < 4.78 is 5.65. The highest BCUT2D eigenvalue weighted by Crippen LogP contribution is 2.37. The number of para-hydroxylation sites is 2. The average Bonchev–Trinajstić information content (AvgIpc) is 3.79. The molecule has 0 atom stereocenters. The Kier molecular flexibility index (Phi) is 12.2. The van der Waals surface area contributed by atoms with E-state index in [0.29, 0.717) is 47.5 Å². The van der Waals surface area contributed by atoms with Gasteiger partial charge < -0.3 is 20.3 Å². The minimum Gasteiger partial charge on any atom is -0.495 e. The highest BCUT2D eigenvalue weighted by atomic mass is 16.5. The lowest BCUT2D eigenvalue weighted by atomic mass is 9.93. The number of carbonyl (C=O) groups excluding carboxylic acids is 2. The summed E-state index contributed by atoms with van der Waals surface area (Å²) in [6.45, 7) is 9.34. The zero-order valence-corrected chi connectivity index (χ0v) is 35.3. The average molecular weight is 816 g/mol. The van der Waals surface area contributed by atoms with Gasteiger partial charge >= 0.3 is 0 Å². The summed E-state index contributed by atoms with van der Waals surface area (Å²) in [7, 11) is 1.64. The number of fused-ring (bicyclic) bond motifs is 4. The molecule has 4 aromatic carbocycles. The summed E-state index contributed by atoms with van der Waals surface area (Å²) in [6.07, 6.45) is 6.91. The SMILES string of the molecule is COc1c2c(nc3ccccc13)CN(CCC1CCN(Cc3ccccc3)CC1)C2=O.Nc1c2c(nc3ccccc13)CN(CCC1CCN(Cc3ccccc3)CC1)C2=O. The van der Waals surface area contributed by atoms with E-state index in [9.17, 15) is 9.59 Å². The maximum atomic E-state index is 13.1. The zero-order chi connectivity index (χ0) is 41.7. The lowest BCUT2D eigenvalue weighted by molar-refractivity contribution is 0.0748. The summed E-state index contributed by atoms with van der Waals surface area (Å²) in [5, 5.41) is 1.78. The molecule has 2 aromatic heterocycles. The number of anilines is 1. The van der Waals surface area contributed by atoms with Crippen molar-refractivity contribution in [3.8, 4) is 5.75 Å². The van der Waals surface area contributed by atoms with Gasteiger partial charge in [0.15, 0.2) is 0 Å². The van der Waals surface area contributed by atoms with Gasteiger partial charge in [0.1, 0.15) is 11.3 Å². The Labute approximate surface area is 359 Å². The van der Waals surface area contributed by atoms with Crippen LogP contribution in [0.15, 0.2) is 109 Å². The minimum absolute atomic E-state index is 0.0438. The number of rotatable bonds is 11. The number of ether oxygens (including phenoxy) is 1. The van der Waals surface area contributed by atoms with Gasteiger partial charge in [-0.25, -0.2) is 9.97 Å². The van der Waals surface area contributed by atoms with Gasteiger partial charge in [0.2, 0.25) is 0 Å². The van der Waals surface area contributed by atoms with Gasteiger partial charge in [-0.15, -0.1) is 0 Å². The number of hydrogen-bond acceptors (Lipinski definition) is 8. The molecule has 6 aromatic rings. The van der Waals surface area contributed by atoms with Crippen molar-refractivity contribution in [3.05, 3.63) is 143 Å². The molecule has 0 bridgehead atoms. The number of nitrogens with zero attached hydrogens (tertiary/aromatic N) is 6. The summed E-state index contributed by atoms with van der Waals surface area (Å²) >= 11 is 0. The fourth-order valence-electron chi connectivity index (χ4n) is 9.83. The number of amides is 2. The first-order valence-corrected chi connectivity index (χ1v) is 22.2. The fourth-order valence-corrected chi connectivity index (χ4v) is 9.83. The normalized spacial score (nSPS) is 17.5. The monoisotopic (exact) mass is 815 g/mol. The molecule has 10 heteroatoms. The van der Waals surface area contributed by atoms with E-state index in [1.807, 2.05) is 58.3 Å². The molecule has 0 unspecified atom stereocenters. The van der Waals surface area contributed by atoms with Crippen LogP contribution < -0.4 is 10.5 Å². The summed E-state index contributed by atoms with van der Waals surface area (Å²) in [5.41, 5.74) is 14.4. The molecule has 6 heterocycles. The highest BCUT2D eigenvalue weighted by molar-refractivity contribution is 6.09. The summed E-state index contributed by atoms with van der Waals surface area (Å²) in [4.78, 5) is 44.6. The molecule has 0 saturated carbocycles. The van der Waals surface area contributed by atoms with Crippen LogP contribution >= 0.6 is 0 Å². The molecule has 2 saturated heterocycles. The Balaban J connectivity index is 0.000000156. The topological polar surface area (TPSA) is 108 Å². The predicted octanol–water partition coefficient (Wildman–Crippen LogP) is 8.58. The van der Waals surface area contributed by atoms with Crippen molar-refractivity contribution in [2.24, 2.45) is 11.8 Å². The lowest BCUT2D eigenvalue weighted by Gasteiger charge is -2.32. The molecule has 61 heavy (non-hydrogen) atoms. The van der Waals surface area contributed by atoms with E-state index in [2.05, 4.69) is 70.5 Å². The molecule has 0 radical (unpaired) electrons. The zero-order valence-electron chi connectivity index (χ0n) is 35.3. The second-order valence-electron chi connectivity index (χ2n) is 17.3. The lowest BCUT2D eigenvalue weighted by Crippen LogP contribution is -2.35. The molecule has 2 amide bonds. The summed E-state index contributed by atoms with van der Waals surface area (Å²) in [6, 6.07) is 37.1. The Bertz CT molecular complexity index is 2480. The molecule has 0 aliphatic carbocycles. The number of nitrogens with two attached hydrogens (primary N) is 1. The van der Waals surface area contributed by atoms with Crippen molar-refractivity contribution >= 4 is 39.3 Å². The van der Waals surface area contributed by atoms with Crippen molar-refractivity contribution < 1.29 is 14.3 Å². The molecule has 0 spiro atoms. The molecule has 2 fully saturated rings. The van der Waals surface area contributed by atoms with Crippen LogP contribution in [-0.2, 0) is 26.2 Å². The molecular weight excluding hydrogens is 759 g/mol. The van der Waals surface area contributed by atoms with Crippen molar-refractivity contribution in [3.63, 3.8) is 0 Å². The molecule has 10 rings (SSSR count). The van der Waals surface area contributed by atoms with Crippen LogP contribution in [0.5, 0.6) is 5.75 Å². The quantitative estimate of drug-likeness (QED) is 0.139. The van der Waals surface area contributed by atoms with Crippen LogP contribution in [0, 0.1) is 11.8 Å². The first-order chi connectivity index (χ1) is 29.9. The van der Waals surface area contributed by atoms with Gasteiger partial charge in [0, 0.05) is 37.0 Å². The van der Waals surface area contributed by atoms with Crippen LogP contribution in [0.25, 0.3) is 21.8 Å². The van der Waals surface area contributed by atoms with Crippen LogP contribution in [0.4, 0.5) is 5.69 Å². The van der Waals surface area contributed by atoms with Crippen LogP contribution in [0.1, 0.15) is 81.8 Å². The van der Waals surface area contributed by atoms with Gasteiger partial charge in [-0.3, -0.25) is 19.4 Å². The molecule has 4 aliphatic rings.